The topological polar surface area (TPSA) is 42.4 Å². The molecule has 17 heavy (non-hydrogen) atoms. The molecule has 2 aromatic rings. The summed E-state index contributed by atoms with van der Waals surface area (Å²) in [5, 5.41) is 12.4. The molecule has 90 valence electrons. The number of benzene rings is 1. The van der Waals surface area contributed by atoms with Crippen LogP contribution in [0.2, 0.25) is 0 Å². The largest absolute Gasteiger partial charge is 0.497 e. The maximum atomic E-state index is 9.10. The molecule has 0 saturated carbocycles. The molecular formula is C13H15NO2S. The van der Waals surface area contributed by atoms with Crippen molar-refractivity contribution in [1.82, 2.24) is 4.98 Å². The second kappa shape index (κ2) is 5.38. The maximum Gasteiger partial charge on any atom is 0.119 e. The summed E-state index contributed by atoms with van der Waals surface area (Å²) in [4.78, 5) is 4.37. The predicted octanol–water partition coefficient (Wildman–Crippen LogP) is 2.72. The maximum absolute atomic E-state index is 9.10. The van der Waals surface area contributed by atoms with E-state index in [0.29, 0.717) is 0 Å². The Labute approximate surface area is 105 Å². The minimum Gasteiger partial charge on any atom is -0.497 e. The zero-order valence-electron chi connectivity index (χ0n) is 9.88. The van der Waals surface area contributed by atoms with Crippen LogP contribution in [0.25, 0.3) is 10.8 Å². The van der Waals surface area contributed by atoms with Gasteiger partial charge in [-0.05, 0) is 23.6 Å². The fourth-order valence-electron chi connectivity index (χ4n) is 1.57. The average molecular weight is 249 g/mol. The fourth-order valence-corrected chi connectivity index (χ4v) is 2.45. The van der Waals surface area contributed by atoms with Crippen molar-refractivity contribution in [2.24, 2.45) is 0 Å². The molecule has 1 unspecified atom stereocenters. The first-order valence-electron chi connectivity index (χ1n) is 5.45. The molecule has 0 aliphatic heterocycles. The highest BCUT2D eigenvalue weighted by atomic mass is 32.2. The lowest BCUT2D eigenvalue weighted by molar-refractivity contribution is 0.300. The van der Waals surface area contributed by atoms with Gasteiger partial charge in [0.1, 0.15) is 10.8 Å². The van der Waals surface area contributed by atoms with E-state index in [1.807, 2.05) is 31.2 Å². The zero-order chi connectivity index (χ0) is 12.3. The lowest BCUT2D eigenvalue weighted by Crippen LogP contribution is -2.02. The summed E-state index contributed by atoms with van der Waals surface area (Å²) < 4.78 is 5.22. The van der Waals surface area contributed by atoms with Gasteiger partial charge in [-0.25, -0.2) is 4.98 Å². The lowest BCUT2D eigenvalue weighted by atomic mass is 10.2. The number of fused-ring (bicyclic) bond motifs is 1. The summed E-state index contributed by atoms with van der Waals surface area (Å²) in [6.07, 6.45) is 1.79. The number of hydrogen-bond acceptors (Lipinski definition) is 4. The Bertz CT molecular complexity index is 516. The van der Waals surface area contributed by atoms with Crippen LogP contribution in [-0.2, 0) is 0 Å². The molecule has 1 N–H and O–H groups in total. The highest BCUT2D eigenvalue weighted by Crippen LogP contribution is 2.30. The Morgan fingerprint density at radius 3 is 2.94 bits per heavy atom. The number of aliphatic hydroxyl groups excluding tert-OH is 1. The van der Waals surface area contributed by atoms with Crippen molar-refractivity contribution in [3.63, 3.8) is 0 Å². The van der Waals surface area contributed by atoms with E-state index in [4.69, 9.17) is 9.84 Å². The smallest absolute Gasteiger partial charge is 0.119 e. The van der Waals surface area contributed by atoms with E-state index in [1.165, 1.54) is 0 Å². The number of methoxy groups -OCH3 is 1. The highest BCUT2D eigenvalue weighted by molar-refractivity contribution is 8.00. The van der Waals surface area contributed by atoms with E-state index in [0.717, 1.165) is 21.5 Å². The summed E-state index contributed by atoms with van der Waals surface area (Å²) in [7, 11) is 1.65. The molecule has 0 aliphatic rings. The van der Waals surface area contributed by atoms with Crippen LogP contribution in [0.5, 0.6) is 5.75 Å². The van der Waals surface area contributed by atoms with Crippen molar-refractivity contribution >= 4 is 22.5 Å². The highest BCUT2D eigenvalue weighted by Gasteiger charge is 2.08. The van der Waals surface area contributed by atoms with Gasteiger partial charge in [-0.1, -0.05) is 13.0 Å². The van der Waals surface area contributed by atoms with E-state index in [1.54, 1.807) is 25.1 Å². The minimum absolute atomic E-state index is 0.138. The Balaban J connectivity index is 2.46. The summed E-state index contributed by atoms with van der Waals surface area (Å²) >= 11 is 1.58. The first kappa shape index (κ1) is 12.2. The van der Waals surface area contributed by atoms with Gasteiger partial charge in [-0.15, -0.1) is 11.8 Å². The molecule has 0 saturated heterocycles. The summed E-state index contributed by atoms with van der Waals surface area (Å²) in [5.41, 5.74) is 0. The zero-order valence-corrected chi connectivity index (χ0v) is 10.7. The van der Waals surface area contributed by atoms with Crippen molar-refractivity contribution < 1.29 is 9.84 Å². The molecule has 0 spiro atoms. The Morgan fingerprint density at radius 2 is 2.24 bits per heavy atom. The van der Waals surface area contributed by atoms with Crippen LogP contribution >= 0.6 is 11.8 Å². The van der Waals surface area contributed by atoms with Crippen LogP contribution in [0.15, 0.2) is 35.5 Å². The molecule has 0 amide bonds. The molecular weight excluding hydrogens is 234 g/mol. The number of hydrogen-bond donors (Lipinski definition) is 1. The number of pyridine rings is 1. The van der Waals surface area contributed by atoms with Gasteiger partial charge in [0.2, 0.25) is 0 Å². The van der Waals surface area contributed by atoms with Gasteiger partial charge in [0.25, 0.3) is 0 Å². The number of ether oxygens (including phenoxy) is 1. The molecule has 2 rings (SSSR count). The van der Waals surface area contributed by atoms with Crippen molar-refractivity contribution in [3.05, 3.63) is 30.5 Å². The molecule has 0 radical (unpaired) electrons. The van der Waals surface area contributed by atoms with E-state index in [9.17, 15) is 0 Å². The van der Waals surface area contributed by atoms with Crippen LogP contribution in [0.3, 0.4) is 0 Å². The number of aromatic nitrogens is 1. The van der Waals surface area contributed by atoms with E-state index in [2.05, 4.69) is 4.98 Å². The predicted molar refractivity (Wildman–Crippen MR) is 70.7 cm³/mol. The van der Waals surface area contributed by atoms with Crippen LogP contribution in [0.4, 0.5) is 0 Å². The molecule has 1 heterocycles. The summed E-state index contributed by atoms with van der Waals surface area (Å²) in [6, 6.07) is 7.91. The van der Waals surface area contributed by atoms with Gasteiger partial charge in [0, 0.05) is 16.8 Å². The van der Waals surface area contributed by atoms with Gasteiger partial charge in [0.05, 0.1) is 13.7 Å². The molecule has 1 aromatic heterocycles. The van der Waals surface area contributed by atoms with Gasteiger partial charge in [-0.3, -0.25) is 0 Å². The fraction of sp³-hybridized carbons (Fsp3) is 0.308. The summed E-state index contributed by atoms with van der Waals surface area (Å²) in [6.45, 7) is 2.12. The molecule has 0 aliphatic carbocycles. The SMILES string of the molecule is COc1ccc2ccnc(SC(C)CO)c2c1. The van der Waals surface area contributed by atoms with Crippen molar-refractivity contribution in [2.75, 3.05) is 13.7 Å². The van der Waals surface area contributed by atoms with Gasteiger partial charge < -0.3 is 9.84 Å². The van der Waals surface area contributed by atoms with Crippen LogP contribution in [0, 0.1) is 0 Å². The monoisotopic (exact) mass is 249 g/mol. The van der Waals surface area contributed by atoms with Crippen LogP contribution < -0.4 is 4.74 Å². The molecule has 4 heteroatoms. The molecule has 1 aromatic carbocycles. The van der Waals surface area contributed by atoms with Gasteiger partial charge in [0.15, 0.2) is 0 Å². The second-order valence-electron chi connectivity index (χ2n) is 3.81. The summed E-state index contributed by atoms with van der Waals surface area (Å²) in [5.74, 6) is 0.823. The van der Waals surface area contributed by atoms with Crippen LogP contribution in [0.1, 0.15) is 6.92 Å². The normalized spacial score (nSPS) is 12.6. The third kappa shape index (κ3) is 2.70. The molecule has 3 nitrogen and oxygen atoms in total. The van der Waals surface area contributed by atoms with Gasteiger partial charge >= 0.3 is 0 Å². The number of rotatable bonds is 4. The first-order valence-corrected chi connectivity index (χ1v) is 6.33. The molecule has 0 bridgehead atoms. The van der Waals surface area contributed by atoms with E-state index in [-0.39, 0.29) is 11.9 Å². The Hall–Kier alpha value is -1.26. The molecule has 0 fully saturated rings. The van der Waals surface area contributed by atoms with E-state index < -0.39 is 0 Å². The average Bonchev–Trinajstić information content (AvgIpc) is 2.38. The third-order valence-electron chi connectivity index (χ3n) is 2.51. The van der Waals surface area contributed by atoms with Crippen molar-refractivity contribution in [1.29, 1.82) is 0 Å². The number of thioether (sulfide) groups is 1. The second-order valence-corrected chi connectivity index (χ2v) is 5.24. The lowest BCUT2D eigenvalue weighted by Gasteiger charge is -2.10. The minimum atomic E-state index is 0.138. The Kier molecular flexibility index (Phi) is 3.86. The number of aliphatic hydroxyl groups is 1. The van der Waals surface area contributed by atoms with Crippen molar-refractivity contribution in [3.8, 4) is 5.75 Å². The van der Waals surface area contributed by atoms with Crippen molar-refractivity contribution in [2.45, 2.75) is 17.2 Å². The number of nitrogens with zero attached hydrogens (tertiary/aromatic N) is 1. The van der Waals surface area contributed by atoms with Crippen LogP contribution in [-0.4, -0.2) is 29.1 Å². The van der Waals surface area contributed by atoms with Gasteiger partial charge in [-0.2, -0.15) is 0 Å². The standard InChI is InChI=1S/C13H15NO2S/c1-9(8-15)17-13-12-7-11(16-2)4-3-10(12)5-6-14-13/h3-7,9,15H,8H2,1-2H3. The third-order valence-corrected chi connectivity index (χ3v) is 3.61. The molecule has 1 atom stereocenters. The first-order chi connectivity index (χ1) is 8.24. The Morgan fingerprint density at radius 1 is 1.41 bits per heavy atom. The quantitative estimate of drug-likeness (QED) is 0.846. The van der Waals surface area contributed by atoms with E-state index >= 15 is 0 Å².